The van der Waals surface area contributed by atoms with Crippen molar-refractivity contribution in [2.24, 2.45) is 5.92 Å². The van der Waals surface area contributed by atoms with Crippen LogP contribution in [0, 0.1) is 5.92 Å². The Morgan fingerprint density at radius 2 is 1.68 bits per heavy atom. The van der Waals surface area contributed by atoms with Crippen molar-refractivity contribution in [1.82, 2.24) is 4.90 Å². The Hall–Kier alpha value is -1.10. The van der Waals surface area contributed by atoms with E-state index in [1.54, 1.807) is 0 Å². The number of amides is 1. The van der Waals surface area contributed by atoms with Gasteiger partial charge in [0.2, 0.25) is 0 Å². The molecule has 2 saturated heterocycles. The topological polar surface area (TPSA) is 51.1 Å². The molecule has 0 unspecified atom stereocenters. The van der Waals surface area contributed by atoms with E-state index >= 15 is 0 Å². The molecule has 0 radical (unpaired) electrons. The molecule has 22 heavy (non-hydrogen) atoms. The highest BCUT2D eigenvalue weighted by Crippen LogP contribution is 2.22. The van der Waals surface area contributed by atoms with Crippen molar-refractivity contribution in [3.8, 4) is 0 Å². The van der Waals surface area contributed by atoms with Gasteiger partial charge in [0.1, 0.15) is 0 Å². The van der Waals surface area contributed by atoms with Crippen molar-refractivity contribution in [2.75, 3.05) is 26.2 Å². The molecular weight excluding hydrogens is 280 g/mol. The van der Waals surface area contributed by atoms with Crippen molar-refractivity contribution in [1.29, 1.82) is 0 Å². The lowest BCUT2D eigenvalue weighted by molar-refractivity contribution is -0.898. The summed E-state index contributed by atoms with van der Waals surface area (Å²) in [7, 11) is 0. The second kappa shape index (κ2) is 7.95. The lowest BCUT2D eigenvalue weighted by Gasteiger charge is -2.39. The normalized spacial score (nSPS) is 32.6. The summed E-state index contributed by atoms with van der Waals surface area (Å²) >= 11 is 0. The van der Waals surface area contributed by atoms with Gasteiger partial charge in [-0.05, 0) is 40.0 Å². The fourth-order valence-electron chi connectivity index (χ4n) is 3.92. The Morgan fingerprint density at radius 1 is 1.09 bits per heavy atom. The summed E-state index contributed by atoms with van der Waals surface area (Å²) in [6, 6.07) is 0.737. The summed E-state index contributed by atoms with van der Waals surface area (Å²) in [5.41, 5.74) is 0. The second-order valence-corrected chi connectivity index (χ2v) is 6.88. The summed E-state index contributed by atoms with van der Waals surface area (Å²) in [5.74, 6) is 0.252. The van der Waals surface area contributed by atoms with Gasteiger partial charge in [0.05, 0.1) is 25.6 Å². The van der Waals surface area contributed by atoms with Crippen molar-refractivity contribution in [3.63, 3.8) is 0 Å². The quantitative estimate of drug-likeness (QED) is 0.775. The maximum Gasteiger partial charge on any atom is 0.309 e. The first-order valence-corrected chi connectivity index (χ1v) is 8.84. The molecule has 2 aliphatic heterocycles. The fraction of sp³-hybridized carbons (Fsp3) is 0.882. The summed E-state index contributed by atoms with van der Waals surface area (Å²) < 4.78 is 5.10. The van der Waals surface area contributed by atoms with Crippen molar-refractivity contribution in [3.05, 3.63) is 0 Å². The number of quaternary nitrogens is 1. The number of nitrogens with zero attached hydrogens (tertiary/aromatic N) is 1. The molecule has 0 saturated carbocycles. The van der Waals surface area contributed by atoms with Crippen LogP contribution in [-0.2, 0) is 14.3 Å². The van der Waals surface area contributed by atoms with Gasteiger partial charge >= 0.3 is 5.97 Å². The van der Waals surface area contributed by atoms with Gasteiger partial charge in [0.15, 0.2) is 6.54 Å². The number of ether oxygens (including phenoxy) is 1. The largest absolute Gasteiger partial charge is 0.466 e. The van der Waals surface area contributed by atoms with Crippen molar-refractivity contribution < 1.29 is 19.2 Å². The Morgan fingerprint density at radius 3 is 2.23 bits per heavy atom. The Balaban J connectivity index is 1.80. The van der Waals surface area contributed by atoms with E-state index in [0.717, 1.165) is 38.8 Å². The van der Waals surface area contributed by atoms with Crippen LogP contribution in [-0.4, -0.2) is 55.1 Å². The maximum atomic E-state index is 12.6. The molecule has 2 aliphatic rings. The number of piperidine rings is 2. The molecule has 2 rings (SSSR count). The van der Waals surface area contributed by atoms with Crippen LogP contribution >= 0.6 is 0 Å². The predicted molar refractivity (Wildman–Crippen MR) is 84.5 cm³/mol. The first-order valence-electron chi connectivity index (χ1n) is 8.84. The lowest BCUT2D eigenvalue weighted by atomic mass is 9.96. The van der Waals surface area contributed by atoms with Gasteiger partial charge in [0.25, 0.3) is 5.91 Å². The number of hydrogen-bond acceptors (Lipinski definition) is 3. The monoisotopic (exact) mass is 311 g/mol. The smallest absolute Gasteiger partial charge is 0.309 e. The number of nitrogens with one attached hydrogen (secondary N) is 1. The van der Waals surface area contributed by atoms with E-state index in [4.69, 9.17) is 4.74 Å². The van der Waals surface area contributed by atoms with Crippen molar-refractivity contribution >= 4 is 11.9 Å². The van der Waals surface area contributed by atoms with E-state index in [2.05, 4.69) is 18.7 Å². The molecule has 0 aliphatic carbocycles. The second-order valence-electron chi connectivity index (χ2n) is 6.88. The van der Waals surface area contributed by atoms with Gasteiger partial charge in [-0.15, -0.1) is 0 Å². The molecule has 126 valence electrons. The zero-order valence-corrected chi connectivity index (χ0v) is 14.3. The molecule has 5 heteroatoms. The molecule has 0 spiro atoms. The summed E-state index contributed by atoms with van der Waals surface area (Å²) in [5, 5.41) is 0. The van der Waals surface area contributed by atoms with Crippen LogP contribution in [0.5, 0.6) is 0 Å². The van der Waals surface area contributed by atoms with Crippen LogP contribution in [0.1, 0.15) is 52.9 Å². The third-order valence-electron chi connectivity index (χ3n) is 5.20. The van der Waals surface area contributed by atoms with Crippen LogP contribution in [0.15, 0.2) is 0 Å². The highest BCUT2D eigenvalue weighted by molar-refractivity contribution is 5.78. The van der Waals surface area contributed by atoms with E-state index in [1.165, 1.54) is 11.3 Å². The van der Waals surface area contributed by atoms with E-state index in [-0.39, 0.29) is 17.8 Å². The van der Waals surface area contributed by atoms with Gasteiger partial charge in [-0.3, -0.25) is 9.59 Å². The summed E-state index contributed by atoms with van der Waals surface area (Å²) in [6.07, 6.45) is 5.15. The summed E-state index contributed by atoms with van der Waals surface area (Å²) in [4.78, 5) is 27.8. The molecule has 0 aromatic carbocycles. The molecule has 2 heterocycles. The van der Waals surface area contributed by atoms with Gasteiger partial charge in [0, 0.05) is 24.9 Å². The first-order chi connectivity index (χ1) is 10.5. The molecular formula is C17H31N2O3+. The number of carbonyl (C=O) groups excluding carboxylic acids is 2. The number of likely N-dealkylation sites (tertiary alicyclic amines) is 2. The zero-order chi connectivity index (χ0) is 16.1. The van der Waals surface area contributed by atoms with E-state index in [1.807, 2.05) is 6.92 Å². The van der Waals surface area contributed by atoms with E-state index in [9.17, 15) is 9.59 Å². The highest BCUT2D eigenvalue weighted by Gasteiger charge is 2.33. The zero-order valence-electron chi connectivity index (χ0n) is 14.3. The third kappa shape index (κ3) is 4.22. The SMILES string of the molecule is CCOC(=O)C1CC[NH+](CC(=O)N2[C@@H](C)CCC[C@@H]2C)CC1. The Kier molecular flexibility index (Phi) is 6.24. The molecule has 2 atom stereocenters. The minimum Gasteiger partial charge on any atom is -0.466 e. The lowest BCUT2D eigenvalue weighted by Crippen LogP contribution is -3.14. The average molecular weight is 311 g/mol. The average Bonchev–Trinajstić information content (AvgIpc) is 2.48. The van der Waals surface area contributed by atoms with Gasteiger partial charge < -0.3 is 14.5 Å². The highest BCUT2D eigenvalue weighted by atomic mass is 16.5. The fourth-order valence-corrected chi connectivity index (χ4v) is 3.92. The number of esters is 1. The standard InChI is InChI=1S/C17H30N2O3/c1-4-22-17(21)15-8-10-18(11-9-15)12-16(20)19-13(2)6-5-7-14(19)3/h13-15H,4-12H2,1-3H3/p+1/t13-,14-/m0/s1. The Labute approximate surface area is 134 Å². The van der Waals surface area contributed by atoms with Gasteiger partial charge in [-0.2, -0.15) is 0 Å². The molecule has 0 bridgehead atoms. The molecule has 1 amide bonds. The molecule has 0 aromatic rings. The number of rotatable bonds is 4. The minimum absolute atomic E-state index is 0.0339. The number of hydrogen-bond donors (Lipinski definition) is 1. The van der Waals surface area contributed by atoms with Crippen LogP contribution in [0.25, 0.3) is 0 Å². The van der Waals surface area contributed by atoms with Crippen molar-refractivity contribution in [2.45, 2.75) is 65.0 Å². The Bertz CT molecular complexity index is 381. The minimum atomic E-state index is -0.0637. The van der Waals surface area contributed by atoms with Gasteiger partial charge in [-0.25, -0.2) is 0 Å². The molecule has 1 N–H and O–H groups in total. The van der Waals surface area contributed by atoms with Gasteiger partial charge in [-0.1, -0.05) is 0 Å². The van der Waals surface area contributed by atoms with E-state index in [0.29, 0.717) is 25.2 Å². The van der Waals surface area contributed by atoms with Crippen LogP contribution in [0.3, 0.4) is 0 Å². The third-order valence-corrected chi connectivity index (χ3v) is 5.20. The summed E-state index contributed by atoms with van der Waals surface area (Å²) in [6.45, 7) is 8.99. The van der Waals surface area contributed by atoms with Crippen LogP contribution < -0.4 is 4.90 Å². The van der Waals surface area contributed by atoms with Crippen LogP contribution in [0.4, 0.5) is 0 Å². The predicted octanol–water partition coefficient (Wildman–Crippen LogP) is 0.634. The number of carbonyl (C=O) groups is 2. The maximum absolute atomic E-state index is 12.6. The molecule has 2 fully saturated rings. The molecule has 0 aromatic heterocycles. The van der Waals surface area contributed by atoms with E-state index < -0.39 is 0 Å². The first kappa shape index (κ1) is 17.3. The van der Waals surface area contributed by atoms with Crippen LogP contribution in [0.2, 0.25) is 0 Å². The molecule has 5 nitrogen and oxygen atoms in total.